The molecular formula is C18H17N3O3. The van der Waals surface area contributed by atoms with Crippen LogP contribution in [0.2, 0.25) is 0 Å². The number of carbonyl (C=O) groups excluding carboxylic acids is 2. The Morgan fingerprint density at radius 1 is 1.21 bits per heavy atom. The molecule has 0 spiro atoms. The fourth-order valence-electron chi connectivity index (χ4n) is 2.56. The molecule has 0 saturated heterocycles. The van der Waals surface area contributed by atoms with Crippen LogP contribution in [-0.4, -0.2) is 17.0 Å². The molecule has 1 aliphatic rings. The molecule has 0 saturated carbocycles. The largest absolute Gasteiger partial charge is 0.457 e. The third-order valence-electron chi connectivity index (χ3n) is 3.72. The van der Waals surface area contributed by atoms with E-state index in [1.807, 2.05) is 30.3 Å². The predicted octanol–water partition coefficient (Wildman–Crippen LogP) is 2.45. The Kier molecular flexibility index (Phi) is 4.56. The van der Waals surface area contributed by atoms with Crippen LogP contribution >= 0.6 is 0 Å². The molecule has 1 aromatic carbocycles. The molecule has 2 heterocycles. The first-order valence-corrected chi connectivity index (χ1v) is 7.54. The summed E-state index contributed by atoms with van der Waals surface area (Å²) >= 11 is 0. The highest BCUT2D eigenvalue weighted by Gasteiger charge is 2.32. The lowest BCUT2D eigenvalue weighted by Crippen LogP contribution is -2.45. The molecule has 1 aliphatic heterocycles. The summed E-state index contributed by atoms with van der Waals surface area (Å²) in [6.45, 7) is 1.85. The number of ether oxygens (including phenoxy) is 1. The Hall–Kier alpha value is -3.15. The molecule has 122 valence electrons. The number of esters is 1. The number of nitrogens with one attached hydrogen (secondary N) is 2. The van der Waals surface area contributed by atoms with Crippen LogP contribution in [0, 0.1) is 0 Å². The van der Waals surface area contributed by atoms with Gasteiger partial charge in [-0.05, 0) is 24.1 Å². The molecule has 24 heavy (non-hydrogen) atoms. The summed E-state index contributed by atoms with van der Waals surface area (Å²) in [5.74, 6) is -0.474. The molecule has 0 fully saturated rings. The lowest BCUT2D eigenvalue weighted by atomic mass is 9.97. The number of rotatable bonds is 4. The molecule has 2 aromatic rings. The molecule has 0 bridgehead atoms. The van der Waals surface area contributed by atoms with Crippen molar-refractivity contribution in [2.75, 3.05) is 0 Å². The van der Waals surface area contributed by atoms with Gasteiger partial charge in [0.25, 0.3) is 0 Å². The van der Waals surface area contributed by atoms with Gasteiger partial charge in [-0.2, -0.15) is 0 Å². The number of hydrogen-bond acceptors (Lipinski definition) is 4. The van der Waals surface area contributed by atoms with Crippen molar-refractivity contribution in [2.45, 2.75) is 19.6 Å². The summed E-state index contributed by atoms with van der Waals surface area (Å²) in [6.07, 6.45) is 3.25. The molecule has 1 unspecified atom stereocenters. The molecule has 1 atom stereocenters. The second-order valence-electron chi connectivity index (χ2n) is 5.42. The molecule has 2 N–H and O–H groups in total. The van der Waals surface area contributed by atoms with E-state index in [-0.39, 0.29) is 12.6 Å². The van der Waals surface area contributed by atoms with Crippen LogP contribution in [0.4, 0.5) is 4.79 Å². The Bertz CT molecular complexity index is 773. The monoisotopic (exact) mass is 323 g/mol. The van der Waals surface area contributed by atoms with E-state index in [0.29, 0.717) is 11.3 Å². The summed E-state index contributed by atoms with van der Waals surface area (Å²) < 4.78 is 5.42. The summed E-state index contributed by atoms with van der Waals surface area (Å²) in [4.78, 5) is 28.4. The SMILES string of the molecule is CC1=C(C(=O)OCc2ccccc2)C(c2cccnc2)NC(=O)N1. The highest BCUT2D eigenvalue weighted by atomic mass is 16.5. The maximum Gasteiger partial charge on any atom is 0.338 e. The highest BCUT2D eigenvalue weighted by Crippen LogP contribution is 2.27. The molecule has 3 rings (SSSR count). The Morgan fingerprint density at radius 3 is 2.71 bits per heavy atom. The Morgan fingerprint density at radius 2 is 2.00 bits per heavy atom. The molecule has 0 aliphatic carbocycles. The smallest absolute Gasteiger partial charge is 0.338 e. The zero-order valence-corrected chi connectivity index (χ0v) is 13.2. The standard InChI is InChI=1S/C18H17N3O3/c1-12-15(17(22)24-11-13-6-3-2-4-7-13)16(21-18(23)20-12)14-8-5-9-19-10-14/h2-10,16H,11H2,1H3,(H2,20,21,23). The zero-order valence-electron chi connectivity index (χ0n) is 13.2. The van der Waals surface area contributed by atoms with Crippen LogP contribution in [-0.2, 0) is 16.1 Å². The van der Waals surface area contributed by atoms with E-state index in [9.17, 15) is 9.59 Å². The average molecular weight is 323 g/mol. The predicted molar refractivity (Wildman–Crippen MR) is 87.6 cm³/mol. The second kappa shape index (κ2) is 6.95. The van der Waals surface area contributed by atoms with Gasteiger partial charge in [0, 0.05) is 18.1 Å². The molecular weight excluding hydrogens is 306 g/mol. The molecule has 6 nitrogen and oxygen atoms in total. The zero-order chi connectivity index (χ0) is 16.9. The maximum absolute atomic E-state index is 12.6. The van der Waals surface area contributed by atoms with Crippen LogP contribution in [0.15, 0.2) is 66.1 Å². The number of hydrogen-bond donors (Lipinski definition) is 2. The van der Waals surface area contributed by atoms with Crippen molar-refractivity contribution < 1.29 is 14.3 Å². The summed E-state index contributed by atoms with van der Waals surface area (Å²) in [6, 6.07) is 12.0. The fraction of sp³-hybridized carbons (Fsp3) is 0.167. The molecule has 2 amide bonds. The van der Waals surface area contributed by atoms with Crippen molar-refractivity contribution in [1.29, 1.82) is 0 Å². The van der Waals surface area contributed by atoms with E-state index in [4.69, 9.17) is 4.74 Å². The van der Waals surface area contributed by atoms with Crippen LogP contribution in [0.25, 0.3) is 0 Å². The third-order valence-corrected chi connectivity index (χ3v) is 3.72. The first-order valence-electron chi connectivity index (χ1n) is 7.54. The second-order valence-corrected chi connectivity index (χ2v) is 5.42. The topological polar surface area (TPSA) is 80.3 Å². The van der Waals surface area contributed by atoms with Gasteiger partial charge in [0.05, 0.1) is 11.6 Å². The van der Waals surface area contributed by atoms with Crippen molar-refractivity contribution in [2.24, 2.45) is 0 Å². The average Bonchev–Trinajstić information content (AvgIpc) is 2.60. The third kappa shape index (κ3) is 3.43. The molecule has 0 radical (unpaired) electrons. The number of nitrogens with zero attached hydrogens (tertiary/aromatic N) is 1. The molecule has 6 heteroatoms. The maximum atomic E-state index is 12.6. The van der Waals surface area contributed by atoms with Gasteiger partial charge in [0.2, 0.25) is 0 Å². The van der Waals surface area contributed by atoms with E-state index in [1.54, 1.807) is 31.5 Å². The van der Waals surface area contributed by atoms with E-state index in [2.05, 4.69) is 15.6 Å². The number of urea groups is 1. The van der Waals surface area contributed by atoms with E-state index in [0.717, 1.165) is 11.1 Å². The van der Waals surface area contributed by atoms with Gasteiger partial charge in [-0.25, -0.2) is 9.59 Å². The van der Waals surface area contributed by atoms with E-state index >= 15 is 0 Å². The fourth-order valence-corrected chi connectivity index (χ4v) is 2.56. The number of benzene rings is 1. The highest BCUT2D eigenvalue weighted by molar-refractivity contribution is 5.94. The number of allylic oxidation sites excluding steroid dienone is 1. The van der Waals surface area contributed by atoms with Crippen molar-refractivity contribution in [3.63, 3.8) is 0 Å². The lowest BCUT2D eigenvalue weighted by Gasteiger charge is -2.27. The number of aromatic nitrogens is 1. The van der Waals surface area contributed by atoms with Gasteiger partial charge in [-0.1, -0.05) is 36.4 Å². The summed E-state index contributed by atoms with van der Waals surface area (Å²) in [7, 11) is 0. The first kappa shape index (κ1) is 15.7. The van der Waals surface area contributed by atoms with Gasteiger partial charge >= 0.3 is 12.0 Å². The van der Waals surface area contributed by atoms with Gasteiger partial charge in [-0.3, -0.25) is 4.98 Å². The quantitative estimate of drug-likeness (QED) is 0.847. The minimum absolute atomic E-state index is 0.171. The van der Waals surface area contributed by atoms with Crippen molar-refractivity contribution in [3.8, 4) is 0 Å². The Labute approximate surface area is 139 Å². The van der Waals surface area contributed by atoms with E-state index < -0.39 is 12.0 Å². The summed E-state index contributed by atoms with van der Waals surface area (Å²) in [5, 5.41) is 5.36. The van der Waals surface area contributed by atoms with Crippen LogP contribution in [0.1, 0.15) is 24.1 Å². The summed E-state index contributed by atoms with van der Waals surface area (Å²) in [5.41, 5.74) is 2.47. The first-order chi connectivity index (χ1) is 11.6. The van der Waals surface area contributed by atoms with Gasteiger partial charge in [0.15, 0.2) is 0 Å². The van der Waals surface area contributed by atoms with Crippen LogP contribution in [0.3, 0.4) is 0 Å². The van der Waals surface area contributed by atoms with Crippen molar-refractivity contribution in [3.05, 3.63) is 77.3 Å². The van der Waals surface area contributed by atoms with Gasteiger partial charge in [0.1, 0.15) is 6.61 Å². The van der Waals surface area contributed by atoms with Crippen LogP contribution in [0.5, 0.6) is 0 Å². The van der Waals surface area contributed by atoms with Gasteiger partial charge in [-0.15, -0.1) is 0 Å². The van der Waals surface area contributed by atoms with Crippen molar-refractivity contribution >= 4 is 12.0 Å². The Balaban J connectivity index is 1.83. The lowest BCUT2D eigenvalue weighted by molar-refractivity contribution is -0.140. The normalized spacial score (nSPS) is 17.0. The van der Waals surface area contributed by atoms with Crippen LogP contribution < -0.4 is 10.6 Å². The van der Waals surface area contributed by atoms with E-state index in [1.165, 1.54) is 0 Å². The number of pyridine rings is 1. The number of carbonyl (C=O) groups is 2. The minimum atomic E-state index is -0.587. The van der Waals surface area contributed by atoms with Crippen molar-refractivity contribution in [1.82, 2.24) is 15.6 Å². The van der Waals surface area contributed by atoms with Gasteiger partial charge < -0.3 is 15.4 Å². The molecule has 1 aromatic heterocycles. The minimum Gasteiger partial charge on any atom is -0.457 e. The number of amides is 2.